The number of hydrogen-bond acceptors (Lipinski definition) is 2. The van der Waals surface area contributed by atoms with E-state index in [2.05, 4.69) is 66.7 Å². The zero-order chi connectivity index (χ0) is 29.9. The van der Waals surface area contributed by atoms with Gasteiger partial charge in [-0.05, 0) is 101 Å². The highest BCUT2D eigenvalue weighted by Gasteiger charge is 2.21. The Kier molecular flexibility index (Phi) is 5.99. The fourth-order valence-electron chi connectivity index (χ4n) is 6.68. The standard InChI is InChI=1S/C40H24B2O2/c41-35-19-31-33(21-37(35)43)40(29-16-8-13-23-11-4-6-14-27(23)29)34-22-38(44)36(42)20-32(34)39(31)26-17-25-12-5-7-15-28(25)30(18-26)24-9-2-1-3-10-24/h1-22,43-44H. The molecule has 8 rings (SSSR count). The van der Waals surface area contributed by atoms with E-state index in [9.17, 15) is 10.2 Å². The fraction of sp³-hybridized carbons (Fsp3) is 0. The van der Waals surface area contributed by atoms with Crippen LogP contribution in [-0.2, 0) is 0 Å². The quantitative estimate of drug-likeness (QED) is 0.169. The van der Waals surface area contributed by atoms with Gasteiger partial charge in [-0.3, -0.25) is 0 Å². The van der Waals surface area contributed by atoms with Crippen LogP contribution in [0.1, 0.15) is 0 Å². The maximum atomic E-state index is 11.0. The molecule has 0 unspecified atom stereocenters. The average Bonchev–Trinajstić information content (AvgIpc) is 3.05. The number of phenols is 2. The minimum atomic E-state index is 0.00689. The van der Waals surface area contributed by atoms with Crippen molar-refractivity contribution in [1.29, 1.82) is 0 Å². The van der Waals surface area contributed by atoms with Gasteiger partial charge in [0, 0.05) is 0 Å². The average molecular weight is 558 g/mol. The highest BCUT2D eigenvalue weighted by molar-refractivity contribution is 6.38. The van der Waals surface area contributed by atoms with Crippen molar-refractivity contribution in [3.63, 3.8) is 0 Å². The summed E-state index contributed by atoms with van der Waals surface area (Å²) in [5.74, 6) is 0.0138. The third kappa shape index (κ3) is 4.06. The van der Waals surface area contributed by atoms with E-state index in [1.165, 1.54) is 0 Å². The first-order valence-electron chi connectivity index (χ1n) is 14.5. The Bertz CT molecular complexity index is 2360. The lowest BCUT2D eigenvalue weighted by molar-refractivity contribution is 0.480. The van der Waals surface area contributed by atoms with E-state index in [4.69, 9.17) is 15.7 Å². The Labute approximate surface area is 257 Å². The summed E-state index contributed by atoms with van der Waals surface area (Å²) in [6.07, 6.45) is 0. The molecule has 0 aromatic heterocycles. The first-order valence-corrected chi connectivity index (χ1v) is 14.5. The van der Waals surface area contributed by atoms with Crippen molar-refractivity contribution in [2.24, 2.45) is 0 Å². The van der Waals surface area contributed by atoms with Gasteiger partial charge in [-0.1, -0.05) is 120 Å². The summed E-state index contributed by atoms with van der Waals surface area (Å²) in [6.45, 7) is 0. The van der Waals surface area contributed by atoms with Crippen LogP contribution >= 0.6 is 0 Å². The number of aromatic hydroxyl groups is 2. The van der Waals surface area contributed by atoms with Crippen LogP contribution in [0.25, 0.3) is 76.5 Å². The minimum absolute atomic E-state index is 0.00689. The molecular weight excluding hydrogens is 534 g/mol. The molecule has 8 aromatic rings. The molecule has 4 radical (unpaired) electrons. The van der Waals surface area contributed by atoms with Crippen molar-refractivity contribution < 1.29 is 10.2 Å². The monoisotopic (exact) mass is 558 g/mol. The molecule has 0 spiro atoms. The SMILES string of the molecule is [B]c1cc2c(-c3cc(-c4ccccc4)c4ccccc4c3)c3cc([B])c(O)cc3c(-c3cccc4ccccc34)c2cc1O. The van der Waals surface area contributed by atoms with Crippen LogP contribution < -0.4 is 10.9 Å². The Hall–Kier alpha value is -5.47. The maximum Gasteiger partial charge on any atom is 0.119 e. The summed E-state index contributed by atoms with van der Waals surface area (Å²) in [7, 11) is 12.8. The molecule has 0 aliphatic carbocycles. The number of benzene rings is 8. The minimum Gasteiger partial charge on any atom is -0.509 e. The van der Waals surface area contributed by atoms with E-state index < -0.39 is 0 Å². The van der Waals surface area contributed by atoms with E-state index in [0.29, 0.717) is 0 Å². The third-order valence-electron chi connectivity index (χ3n) is 8.71. The number of fused-ring (bicyclic) bond motifs is 4. The first-order chi connectivity index (χ1) is 21.5. The van der Waals surface area contributed by atoms with Gasteiger partial charge in [0.25, 0.3) is 0 Å². The van der Waals surface area contributed by atoms with Crippen LogP contribution in [-0.4, -0.2) is 25.9 Å². The van der Waals surface area contributed by atoms with Crippen LogP contribution in [0.2, 0.25) is 0 Å². The van der Waals surface area contributed by atoms with E-state index in [-0.39, 0.29) is 22.4 Å². The molecule has 0 saturated heterocycles. The zero-order valence-corrected chi connectivity index (χ0v) is 23.8. The van der Waals surface area contributed by atoms with Crippen molar-refractivity contribution in [2.75, 3.05) is 0 Å². The Balaban J connectivity index is 1.59. The van der Waals surface area contributed by atoms with Crippen molar-refractivity contribution in [3.8, 4) is 44.9 Å². The summed E-state index contributed by atoms with van der Waals surface area (Å²) in [6, 6.07) is 44.8. The second-order valence-electron chi connectivity index (χ2n) is 11.3. The van der Waals surface area contributed by atoms with Crippen molar-refractivity contribution in [3.05, 3.63) is 133 Å². The van der Waals surface area contributed by atoms with Crippen LogP contribution in [0.4, 0.5) is 0 Å². The fourth-order valence-corrected chi connectivity index (χ4v) is 6.68. The Morgan fingerprint density at radius 1 is 0.364 bits per heavy atom. The van der Waals surface area contributed by atoms with Crippen molar-refractivity contribution in [2.45, 2.75) is 0 Å². The molecule has 202 valence electrons. The molecule has 0 bridgehead atoms. The molecule has 44 heavy (non-hydrogen) atoms. The van der Waals surface area contributed by atoms with Crippen LogP contribution in [0.15, 0.2) is 133 Å². The lowest BCUT2D eigenvalue weighted by Gasteiger charge is -2.21. The molecule has 0 saturated carbocycles. The van der Waals surface area contributed by atoms with Gasteiger partial charge in [-0.15, -0.1) is 0 Å². The molecule has 8 aromatic carbocycles. The maximum absolute atomic E-state index is 11.0. The second-order valence-corrected chi connectivity index (χ2v) is 11.3. The molecule has 0 fully saturated rings. The van der Waals surface area contributed by atoms with E-state index in [1.54, 1.807) is 12.1 Å². The van der Waals surface area contributed by atoms with Gasteiger partial charge in [0.15, 0.2) is 0 Å². The summed E-state index contributed by atoms with van der Waals surface area (Å²) in [4.78, 5) is 0. The third-order valence-corrected chi connectivity index (χ3v) is 8.71. The van der Waals surface area contributed by atoms with Crippen LogP contribution in [0.3, 0.4) is 0 Å². The van der Waals surface area contributed by atoms with Crippen LogP contribution in [0, 0.1) is 0 Å². The Morgan fingerprint density at radius 2 is 0.886 bits per heavy atom. The molecule has 4 heteroatoms. The lowest BCUT2D eigenvalue weighted by atomic mass is 9.79. The summed E-state index contributed by atoms with van der Waals surface area (Å²) < 4.78 is 0. The predicted octanol–water partition coefficient (Wildman–Crippen LogP) is 8.30. The highest BCUT2D eigenvalue weighted by atomic mass is 16.3. The first kappa shape index (κ1) is 26.2. The predicted molar refractivity (Wildman–Crippen MR) is 187 cm³/mol. The molecule has 0 atom stereocenters. The van der Waals surface area contributed by atoms with Gasteiger partial charge in [-0.25, -0.2) is 0 Å². The molecule has 0 aliphatic heterocycles. The van der Waals surface area contributed by atoms with Gasteiger partial charge in [-0.2, -0.15) is 0 Å². The molecule has 2 N–H and O–H groups in total. The molecule has 0 amide bonds. The number of rotatable bonds is 3. The van der Waals surface area contributed by atoms with Gasteiger partial charge in [0.1, 0.15) is 27.2 Å². The van der Waals surface area contributed by atoms with Crippen LogP contribution in [0.5, 0.6) is 11.5 Å². The smallest absolute Gasteiger partial charge is 0.119 e. The number of phenolic OH excluding ortho intramolecular Hbond substituents is 2. The van der Waals surface area contributed by atoms with E-state index in [0.717, 1.165) is 76.5 Å². The largest absolute Gasteiger partial charge is 0.509 e. The molecule has 0 aliphatic rings. The molecule has 2 nitrogen and oxygen atoms in total. The summed E-state index contributed by atoms with van der Waals surface area (Å²) in [5.41, 5.74) is 6.59. The second kappa shape index (κ2) is 10.1. The lowest BCUT2D eigenvalue weighted by Crippen LogP contribution is -2.06. The zero-order valence-electron chi connectivity index (χ0n) is 23.8. The molecular formula is C40H24B2O2. The topological polar surface area (TPSA) is 40.5 Å². The molecule has 0 heterocycles. The van der Waals surface area contributed by atoms with Gasteiger partial charge < -0.3 is 10.2 Å². The Morgan fingerprint density at radius 3 is 1.55 bits per heavy atom. The van der Waals surface area contributed by atoms with Crippen molar-refractivity contribution in [1.82, 2.24) is 0 Å². The van der Waals surface area contributed by atoms with Gasteiger partial charge in [0.05, 0.1) is 0 Å². The highest BCUT2D eigenvalue weighted by Crippen LogP contribution is 2.47. The van der Waals surface area contributed by atoms with Gasteiger partial charge >= 0.3 is 0 Å². The summed E-state index contributed by atoms with van der Waals surface area (Å²) in [5, 5.41) is 29.8. The normalized spacial score (nSPS) is 11.5. The number of hydrogen-bond donors (Lipinski definition) is 2. The van der Waals surface area contributed by atoms with Crippen molar-refractivity contribution >= 4 is 69.7 Å². The van der Waals surface area contributed by atoms with Gasteiger partial charge in [0.2, 0.25) is 0 Å². The van der Waals surface area contributed by atoms with E-state index in [1.807, 2.05) is 54.6 Å². The summed E-state index contributed by atoms with van der Waals surface area (Å²) >= 11 is 0. The van der Waals surface area contributed by atoms with E-state index >= 15 is 0 Å².